The summed E-state index contributed by atoms with van der Waals surface area (Å²) in [6.07, 6.45) is 3.17. The Kier molecular flexibility index (Phi) is 5.76. The molecular formula is C21H22N2O4. The molecule has 1 aliphatic heterocycles. The van der Waals surface area contributed by atoms with Crippen LogP contribution >= 0.6 is 0 Å². The summed E-state index contributed by atoms with van der Waals surface area (Å²) < 4.78 is 10.5. The van der Waals surface area contributed by atoms with E-state index in [1.54, 1.807) is 31.3 Å². The lowest BCUT2D eigenvalue weighted by atomic mass is 10.0. The van der Waals surface area contributed by atoms with Gasteiger partial charge >= 0.3 is 0 Å². The second-order valence-corrected chi connectivity index (χ2v) is 6.12. The number of carbonyl (C=O) groups excluding carboxylic acids is 2. The summed E-state index contributed by atoms with van der Waals surface area (Å²) in [7, 11) is 3.15. The molecule has 0 aromatic heterocycles. The highest BCUT2D eigenvalue weighted by Crippen LogP contribution is 2.25. The molecule has 3 rings (SSSR count). The van der Waals surface area contributed by atoms with Gasteiger partial charge in [-0.15, -0.1) is 0 Å². The van der Waals surface area contributed by atoms with Crippen molar-refractivity contribution in [3.05, 3.63) is 65.7 Å². The first-order valence-corrected chi connectivity index (χ1v) is 8.67. The predicted molar refractivity (Wildman–Crippen MR) is 102 cm³/mol. The minimum Gasteiger partial charge on any atom is -0.497 e. The molecule has 0 bridgehead atoms. The molecule has 0 unspecified atom stereocenters. The standard InChI is InChI=1S/C21H22N2O4/c1-26-17-12-15(13-18(14-17)27-2)8-9-19(24)23-11-10-22-21(25)20(23)16-6-4-3-5-7-16/h3-9,12-14,20H,10-11H2,1-2H3,(H,22,25)/b9-8+/t20-/m1/s1. The summed E-state index contributed by atoms with van der Waals surface area (Å²) in [5.41, 5.74) is 1.57. The Morgan fingerprint density at radius 1 is 1.11 bits per heavy atom. The van der Waals surface area contributed by atoms with Gasteiger partial charge in [-0.2, -0.15) is 0 Å². The van der Waals surface area contributed by atoms with Gasteiger partial charge in [0, 0.05) is 25.2 Å². The summed E-state index contributed by atoms with van der Waals surface area (Å²) in [6, 6.07) is 14.1. The fourth-order valence-corrected chi connectivity index (χ4v) is 3.06. The molecule has 0 saturated carbocycles. The summed E-state index contributed by atoms with van der Waals surface area (Å²) in [5, 5.41) is 2.83. The normalized spacial score (nSPS) is 16.9. The van der Waals surface area contributed by atoms with E-state index in [-0.39, 0.29) is 11.8 Å². The average Bonchev–Trinajstić information content (AvgIpc) is 2.72. The van der Waals surface area contributed by atoms with Crippen molar-refractivity contribution < 1.29 is 19.1 Å². The van der Waals surface area contributed by atoms with Crippen molar-refractivity contribution in [2.24, 2.45) is 0 Å². The highest BCUT2D eigenvalue weighted by molar-refractivity contribution is 5.96. The van der Waals surface area contributed by atoms with Gasteiger partial charge in [0.2, 0.25) is 11.8 Å². The quantitative estimate of drug-likeness (QED) is 0.826. The largest absolute Gasteiger partial charge is 0.497 e. The first-order valence-electron chi connectivity index (χ1n) is 8.67. The lowest BCUT2D eigenvalue weighted by molar-refractivity contribution is -0.140. The van der Waals surface area contributed by atoms with E-state index in [9.17, 15) is 9.59 Å². The van der Waals surface area contributed by atoms with E-state index in [0.717, 1.165) is 11.1 Å². The molecule has 27 heavy (non-hydrogen) atoms. The third kappa shape index (κ3) is 4.28. The first kappa shape index (κ1) is 18.5. The van der Waals surface area contributed by atoms with E-state index < -0.39 is 6.04 Å². The van der Waals surface area contributed by atoms with Crippen molar-refractivity contribution in [2.75, 3.05) is 27.3 Å². The Morgan fingerprint density at radius 2 is 1.78 bits per heavy atom. The van der Waals surface area contributed by atoms with E-state index in [2.05, 4.69) is 5.32 Å². The summed E-state index contributed by atoms with van der Waals surface area (Å²) >= 11 is 0. The maximum absolute atomic E-state index is 12.8. The first-order chi connectivity index (χ1) is 13.1. The van der Waals surface area contributed by atoms with E-state index >= 15 is 0 Å². The van der Waals surface area contributed by atoms with Crippen LogP contribution in [0.4, 0.5) is 0 Å². The van der Waals surface area contributed by atoms with E-state index in [4.69, 9.17) is 9.47 Å². The van der Waals surface area contributed by atoms with Gasteiger partial charge in [0.15, 0.2) is 0 Å². The monoisotopic (exact) mass is 366 g/mol. The van der Waals surface area contributed by atoms with Crippen molar-refractivity contribution in [1.29, 1.82) is 0 Å². The Morgan fingerprint density at radius 3 is 2.41 bits per heavy atom. The van der Waals surface area contributed by atoms with Gasteiger partial charge in [-0.3, -0.25) is 9.59 Å². The van der Waals surface area contributed by atoms with Crippen LogP contribution in [0, 0.1) is 0 Å². The zero-order valence-electron chi connectivity index (χ0n) is 15.3. The highest BCUT2D eigenvalue weighted by atomic mass is 16.5. The van der Waals surface area contributed by atoms with Crippen LogP contribution in [0.5, 0.6) is 11.5 Å². The zero-order chi connectivity index (χ0) is 19.2. The lowest BCUT2D eigenvalue weighted by Gasteiger charge is -2.34. The number of hydrogen-bond donors (Lipinski definition) is 1. The van der Waals surface area contributed by atoms with Crippen molar-refractivity contribution in [2.45, 2.75) is 6.04 Å². The molecule has 140 valence electrons. The summed E-state index contributed by atoms with van der Waals surface area (Å²) in [4.78, 5) is 26.8. The minimum absolute atomic E-state index is 0.169. The molecule has 1 heterocycles. The SMILES string of the molecule is COc1cc(/C=C/C(=O)N2CCNC(=O)[C@H]2c2ccccc2)cc(OC)c1. The van der Waals surface area contributed by atoms with Gasteiger partial charge in [-0.25, -0.2) is 0 Å². The maximum atomic E-state index is 12.8. The van der Waals surface area contributed by atoms with Crippen molar-refractivity contribution in [1.82, 2.24) is 10.2 Å². The predicted octanol–water partition coefficient (Wildman–Crippen LogP) is 2.42. The number of nitrogens with one attached hydrogen (secondary N) is 1. The molecule has 6 nitrogen and oxygen atoms in total. The van der Waals surface area contributed by atoms with Gasteiger partial charge in [0.05, 0.1) is 14.2 Å². The van der Waals surface area contributed by atoms with Gasteiger partial charge in [-0.1, -0.05) is 30.3 Å². The Bertz CT molecular complexity index is 826. The average molecular weight is 366 g/mol. The number of nitrogens with zero attached hydrogens (tertiary/aromatic N) is 1. The molecule has 6 heteroatoms. The van der Waals surface area contributed by atoms with Crippen molar-refractivity contribution >= 4 is 17.9 Å². The number of methoxy groups -OCH3 is 2. The van der Waals surface area contributed by atoms with Crippen LogP contribution in [0.3, 0.4) is 0 Å². The van der Waals surface area contributed by atoms with Gasteiger partial charge in [-0.05, 0) is 29.3 Å². The minimum atomic E-state index is -0.628. The molecule has 2 amide bonds. The van der Waals surface area contributed by atoms with E-state index in [0.29, 0.717) is 24.6 Å². The molecule has 1 aliphatic rings. The number of amides is 2. The third-order valence-electron chi connectivity index (χ3n) is 4.40. The van der Waals surface area contributed by atoms with Gasteiger partial charge in [0.25, 0.3) is 0 Å². The fraction of sp³-hybridized carbons (Fsp3) is 0.238. The van der Waals surface area contributed by atoms with Crippen LogP contribution in [-0.2, 0) is 9.59 Å². The number of piperazine rings is 1. The Hall–Kier alpha value is -3.28. The van der Waals surface area contributed by atoms with E-state index in [1.165, 1.54) is 6.08 Å². The van der Waals surface area contributed by atoms with Crippen LogP contribution < -0.4 is 14.8 Å². The van der Waals surface area contributed by atoms with E-state index in [1.807, 2.05) is 42.5 Å². The summed E-state index contributed by atoms with van der Waals surface area (Å²) in [6.45, 7) is 0.893. The maximum Gasteiger partial charge on any atom is 0.247 e. The van der Waals surface area contributed by atoms with Gasteiger partial charge < -0.3 is 19.7 Å². The van der Waals surface area contributed by atoms with Crippen LogP contribution in [0.15, 0.2) is 54.6 Å². The van der Waals surface area contributed by atoms with Crippen LogP contribution in [0.25, 0.3) is 6.08 Å². The Balaban J connectivity index is 1.83. The number of hydrogen-bond acceptors (Lipinski definition) is 4. The molecule has 0 spiro atoms. The Labute approximate surface area is 158 Å². The van der Waals surface area contributed by atoms with Crippen LogP contribution in [0.2, 0.25) is 0 Å². The second-order valence-electron chi connectivity index (χ2n) is 6.12. The molecule has 0 aliphatic carbocycles. The molecule has 1 fully saturated rings. The molecule has 1 N–H and O–H groups in total. The second kappa shape index (κ2) is 8.40. The van der Waals surface area contributed by atoms with Crippen LogP contribution in [-0.4, -0.2) is 44.0 Å². The molecular weight excluding hydrogens is 344 g/mol. The third-order valence-corrected chi connectivity index (χ3v) is 4.40. The zero-order valence-corrected chi connectivity index (χ0v) is 15.3. The molecule has 1 saturated heterocycles. The molecule has 1 atom stereocenters. The number of carbonyl (C=O) groups is 2. The smallest absolute Gasteiger partial charge is 0.247 e. The summed E-state index contributed by atoms with van der Waals surface area (Å²) in [5.74, 6) is 0.889. The van der Waals surface area contributed by atoms with Crippen molar-refractivity contribution in [3.63, 3.8) is 0 Å². The van der Waals surface area contributed by atoms with Crippen LogP contribution in [0.1, 0.15) is 17.2 Å². The number of ether oxygens (including phenoxy) is 2. The molecule has 0 radical (unpaired) electrons. The molecule has 2 aromatic carbocycles. The topological polar surface area (TPSA) is 67.9 Å². The number of benzene rings is 2. The number of rotatable bonds is 5. The van der Waals surface area contributed by atoms with Gasteiger partial charge in [0.1, 0.15) is 17.5 Å². The highest BCUT2D eigenvalue weighted by Gasteiger charge is 2.33. The van der Waals surface area contributed by atoms with Crippen molar-refractivity contribution in [3.8, 4) is 11.5 Å². The lowest BCUT2D eigenvalue weighted by Crippen LogP contribution is -2.51. The fourth-order valence-electron chi connectivity index (χ4n) is 3.06. The molecule has 2 aromatic rings.